The number of benzene rings is 1. The van der Waals surface area contributed by atoms with Crippen LogP contribution in [0.15, 0.2) is 36.4 Å². The maximum absolute atomic E-state index is 13.0. The molecule has 1 fully saturated rings. The molecular formula is C19H21NO5S. The fourth-order valence-corrected chi connectivity index (χ4v) is 4.34. The van der Waals surface area contributed by atoms with E-state index in [1.165, 1.54) is 25.6 Å². The molecule has 6 nitrogen and oxygen atoms in total. The van der Waals surface area contributed by atoms with Gasteiger partial charge in [0.2, 0.25) is 0 Å². The Morgan fingerprint density at radius 2 is 2.00 bits per heavy atom. The van der Waals surface area contributed by atoms with Gasteiger partial charge in [-0.15, -0.1) is 11.3 Å². The van der Waals surface area contributed by atoms with E-state index in [-0.39, 0.29) is 19.1 Å². The van der Waals surface area contributed by atoms with Crippen LogP contribution in [0.2, 0.25) is 0 Å². The molecule has 1 unspecified atom stereocenters. The van der Waals surface area contributed by atoms with Gasteiger partial charge in [0.05, 0.1) is 13.7 Å². The first kappa shape index (κ1) is 18.4. The van der Waals surface area contributed by atoms with E-state index in [9.17, 15) is 14.7 Å². The number of hydrogen-bond donors (Lipinski definition) is 1. The minimum Gasteiger partial charge on any atom is -0.495 e. The lowest BCUT2D eigenvalue weighted by atomic mass is 9.88. The van der Waals surface area contributed by atoms with Crippen LogP contribution in [-0.4, -0.2) is 55.8 Å². The third kappa shape index (κ3) is 3.32. The van der Waals surface area contributed by atoms with E-state index in [1.807, 2.05) is 36.4 Å². The van der Waals surface area contributed by atoms with Crippen LogP contribution in [0.3, 0.4) is 0 Å². The Morgan fingerprint density at radius 1 is 1.27 bits per heavy atom. The third-order valence-electron chi connectivity index (χ3n) is 4.69. The molecule has 0 saturated carbocycles. The summed E-state index contributed by atoms with van der Waals surface area (Å²) in [6, 6.07) is 11.6. The monoisotopic (exact) mass is 375 g/mol. The number of carbonyl (C=O) groups excluding carboxylic acids is 1. The summed E-state index contributed by atoms with van der Waals surface area (Å²) in [5, 5.41) is 9.58. The number of likely N-dealkylation sites (tertiary alicyclic amines) is 1. The quantitative estimate of drug-likeness (QED) is 0.840. The van der Waals surface area contributed by atoms with Gasteiger partial charge in [0.15, 0.2) is 0 Å². The van der Waals surface area contributed by atoms with Crippen LogP contribution in [0.1, 0.15) is 16.1 Å². The lowest BCUT2D eigenvalue weighted by Crippen LogP contribution is -2.40. The summed E-state index contributed by atoms with van der Waals surface area (Å²) in [4.78, 5) is 27.7. The van der Waals surface area contributed by atoms with Crippen molar-refractivity contribution in [2.24, 2.45) is 5.41 Å². The van der Waals surface area contributed by atoms with Crippen molar-refractivity contribution in [1.29, 1.82) is 0 Å². The Labute approximate surface area is 156 Å². The maximum atomic E-state index is 13.0. The fourth-order valence-electron chi connectivity index (χ4n) is 3.24. The van der Waals surface area contributed by atoms with E-state index < -0.39 is 11.4 Å². The van der Waals surface area contributed by atoms with Crippen molar-refractivity contribution < 1.29 is 24.2 Å². The van der Waals surface area contributed by atoms with Crippen molar-refractivity contribution in [1.82, 2.24) is 4.90 Å². The van der Waals surface area contributed by atoms with Crippen LogP contribution in [0.5, 0.6) is 5.75 Å². The normalized spacial score (nSPS) is 19.5. The predicted octanol–water partition coefficient (Wildman–Crippen LogP) is 2.99. The maximum Gasteiger partial charge on any atom is 0.313 e. The average molecular weight is 375 g/mol. The first-order chi connectivity index (χ1) is 12.5. The molecule has 138 valence electrons. The molecule has 3 rings (SSSR count). The van der Waals surface area contributed by atoms with Crippen LogP contribution in [-0.2, 0) is 9.53 Å². The number of rotatable bonds is 6. The van der Waals surface area contributed by atoms with Crippen molar-refractivity contribution >= 4 is 23.2 Å². The Morgan fingerprint density at radius 3 is 2.62 bits per heavy atom. The van der Waals surface area contributed by atoms with Crippen molar-refractivity contribution in [3.8, 4) is 16.2 Å². The Bertz CT molecular complexity index is 804. The molecule has 0 aliphatic carbocycles. The second kappa shape index (κ2) is 7.47. The second-order valence-electron chi connectivity index (χ2n) is 6.37. The molecule has 7 heteroatoms. The van der Waals surface area contributed by atoms with Crippen molar-refractivity contribution in [3.63, 3.8) is 0 Å². The average Bonchev–Trinajstić information content (AvgIpc) is 3.27. The molecule has 2 aromatic rings. The number of carboxylic acid groups (broad SMARTS) is 1. The van der Waals surface area contributed by atoms with Crippen LogP contribution < -0.4 is 4.74 Å². The number of carboxylic acids is 1. The molecule has 1 atom stereocenters. The van der Waals surface area contributed by atoms with Gasteiger partial charge in [-0.25, -0.2) is 0 Å². The zero-order valence-electron chi connectivity index (χ0n) is 14.7. The molecule has 0 spiro atoms. The van der Waals surface area contributed by atoms with Crippen LogP contribution >= 0.6 is 11.3 Å². The molecule has 0 radical (unpaired) electrons. The molecule has 1 N–H and O–H groups in total. The molecular weight excluding hydrogens is 354 g/mol. The summed E-state index contributed by atoms with van der Waals surface area (Å²) in [6.07, 6.45) is 0.376. The predicted molar refractivity (Wildman–Crippen MR) is 98.8 cm³/mol. The SMILES string of the molecule is COCC1(C(=O)O)CCN(C(=O)c2sc(-c3ccccc3)cc2OC)C1. The smallest absolute Gasteiger partial charge is 0.313 e. The van der Waals surface area contributed by atoms with Gasteiger partial charge in [0.1, 0.15) is 16.0 Å². The number of aliphatic carboxylic acids is 1. The van der Waals surface area contributed by atoms with E-state index in [0.29, 0.717) is 23.6 Å². The first-order valence-corrected chi connectivity index (χ1v) is 9.07. The molecule has 1 saturated heterocycles. The zero-order chi connectivity index (χ0) is 18.7. The van der Waals surface area contributed by atoms with Gasteiger partial charge in [-0.2, -0.15) is 0 Å². The molecule has 2 heterocycles. The summed E-state index contributed by atoms with van der Waals surface area (Å²) < 4.78 is 10.5. The highest BCUT2D eigenvalue weighted by Gasteiger charge is 2.47. The standard InChI is InChI=1S/C19H21NO5S/c1-24-12-19(18(22)23)8-9-20(11-19)17(21)16-14(25-2)10-15(26-16)13-6-4-3-5-7-13/h3-7,10H,8-9,11-12H2,1-2H3,(H,22,23). The lowest BCUT2D eigenvalue weighted by Gasteiger charge is -2.23. The number of ether oxygens (including phenoxy) is 2. The number of methoxy groups -OCH3 is 2. The Balaban J connectivity index is 1.86. The summed E-state index contributed by atoms with van der Waals surface area (Å²) >= 11 is 1.36. The van der Waals surface area contributed by atoms with E-state index in [1.54, 1.807) is 4.90 Å². The molecule has 0 bridgehead atoms. The molecule has 1 aliphatic rings. The Hall–Kier alpha value is -2.38. The van der Waals surface area contributed by atoms with E-state index >= 15 is 0 Å². The van der Waals surface area contributed by atoms with Gasteiger partial charge in [0.25, 0.3) is 5.91 Å². The summed E-state index contributed by atoms with van der Waals surface area (Å²) in [5.74, 6) is -0.621. The highest BCUT2D eigenvalue weighted by atomic mass is 32.1. The first-order valence-electron chi connectivity index (χ1n) is 8.25. The molecule has 1 aromatic heterocycles. The molecule has 1 amide bonds. The van der Waals surface area contributed by atoms with Gasteiger partial charge >= 0.3 is 5.97 Å². The van der Waals surface area contributed by atoms with Crippen molar-refractivity contribution in [2.45, 2.75) is 6.42 Å². The topological polar surface area (TPSA) is 76.1 Å². The van der Waals surface area contributed by atoms with Gasteiger partial charge in [0, 0.05) is 25.1 Å². The van der Waals surface area contributed by atoms with E-state index in [2.05, 4.69) is 0 Å². The van der Waals surface area contributed by atoms with Gasteiger partial charge in [-0.05, 0) is 18.1 Å². The minimum atomic E-state index is -1.04. The summed E-state index contributed by atoms with van der Waals surface area (Å²) in [6.45, 7) is 0.607. The third-order valence-corrected chi connectivity index (χ3v) is 5.84. The van der Waals surface area contributed by atoms with E-state index in [4.69, 9.17) is 9.47 Å². The highest BCUT2D eigenvalue weighted by Crippen LogP contribution is 2.39. The van der Waals surface area contributed by atoms with Gasteiger partial charge < -0.3 is 19.5 Å². The van der Waals surface area contributed by atoms with Crippen LogP contribution in [0.25, 0.3) is 10.4 Å². The zero-order valence-corrected chi connectivity index (χ0v) is 15.5. The van der Waals surface area contributed by atoms with Crippen LogP contribution in [0, 0.1) is 5.41 Å². The Kier molecular flexibility index (Phi) is 5.29. The largest absolute Gasteiger partial charge is 0.495 e. The van der Waals surface area contributed by atoms with Gasteiger partial charge in [-0.1, -0.05) is 30.3 Å². The number of nitrogens with zero attached hydrogens (tertiary/aromatic N) is 1. The number of hydrogen-bond acceptors (Lipinski definition) is 5. The number of amides is 1. The molecule has 1 aliphatic heterocycles. The molecule has 1 aromatic carbocycles. The number of carbonyl (C=O) groups is 2. The minimum absolute atomic E-state index is 0.0863. The summed E-state index contributed by atoms with van der Waals surface area (Å²) in [7, 11) is 3.01. The van der Waals surface area contributed by atoms with Crippen LogP contribution in [0.4, 0.5) is 0 Å². The van der Waals surface area contributed by atoms with Crippen molar-refractivity contribution in [3.05, 3.63) is 41.3 Å². The van der Waals surface area contributed by atoms with E-state index in [0.717, 1.165) is 10.4 Å². The lowest BCUT2D eigenvalue weighted by molar-refractivity contribution is -0.151. The van der Waals surface area contributed by atoms with Gasteiger partial charge in [-0.3, -0.25) is 9.59 Å². The second-order valence-corrected chi connectivity index (χ2v) is 7.42. The van der Waals surface area contributed by atoms with Crippen molar-refractivity contribution in [2.75, 3.05) is 33.9 Å². The summed E-state index contributed by atoms with van der Waals surface area (Å²) in [5.41, 5.74) is -0.0347. The fraction of sp³-hybridized carbons (Fsp3) is 0.368. The number of thiophene rings is 1. The molecule has 26 heavy (non-hydrogen) atoms. The highest BCUT2D eigenvalue weighted by molar-refractivity contribution is 7.17.